The van der Waals surface area contributed by atoms with Gasteiger partial charge in [-0.1, -0.05) is 6.07 Å². The molecule has 0 aliphatic heterocycles. The number of benzene rings is 2. The van der Waals surface area contributed by atoms with Crippen molar-refractivity contribution in [3.8, 4) is 17.6 Å². The molecule has 0 atom stereocenters. The van der Waals surface area contributed by atoms with Crippen LogP contribution in [0.3, 0.4) is 0 Å². The van der Waals surface area contributed by atoms with Crippen molar-refractivity contribution in [3.05, 3.63) is 65.2 Å². The first-order valence-electron chi connectivity index (χ1n) is 9.76. The number of thiazole rings is 1. The highest BCUT2D eigenvalue weighted by atomic mass is 32.2. The van der Waals surface area contributed by atoms with Crippen molar-refractivity contribution in [1.29, 1.82) is 5.26 Å². The van der Waals surface area contributed by atoms with Crippen LogP contribution < -0.4 is 25.2 Å². The third-order valence-electron chi connectivity index (χ3n) is 4.31. The minimum absolute atomic E-state index is 0.0208. The first-order valence-corrected chi connectivity index (χ1v) is 12.1. The molecule has 3 rings (SSSR count). The third kappa shape index (κ3) is 6.79. The van der Waals surface area contributed by atoms with E-state index >= 15 is 0 Å². The summed E-state index contributed by atoms with van der Waals surface area (Å²) in [6.07, 6.45) is 2.82. The van der Waals surface area contributed by atoms with E-state index in [1.54, 1.807) is 11.4 Å². The predicted octanol–water partition coefficient (Wildman–Crippen LogP) is 2.36. The SMILES string of the molecule is COc1cc(C=C(C#N)C(=O)Nc2ccc(S(=O)(=O)Nc3nccs3)cc2)ccc1OCC(N)=O. The lowest BCUT2D eigenvalue weighted by Gasteiger charge is -2.10. The minimum Gasteiger partial charge on any atom is -0.493 e. The molecule has 11 nitrogen and oxygen atoms in total. The number of nitrogens with two attached hydrogens (primary N) is 1. The lowest BCUT2D eigenvalue weighted by atomic mass is 10.1. The van der Waals surface area contributed by atoms with Gasteiger partial charge >= 0.3 is 0 Å². The molecule has 0 spiro atoms. The number of hydrogen-bond donors (Lipinski definition) is 3. The molecule has 0 radical (unpaired) electrons. The van der Waals surface area contributed by atoms with Crippen LogP contribution in [0.2, 0.25) is 0 Å². The zero-order chi connectivity index (χ0) is 25.4. The Balaban J connectivity index is 1.72. The maximum absolute atomic E-state index is 12.6. The molecule has 0 saturated carbocycles. The van der Waals surface area contributed by atoms with E-state index in [1.807, 2.05) is 6.07 Å². The summed E-state index contributed by atoms with van der Waals surface area (Å²) in [7, 11) is -2.44. The molecule has 1 heterocycles. The van der Waals surface area contributed by atoms with Crippen LogP contribution in [0.15, 0.2) is 64.5 Å². The summed E-state index contributed by atoms with van der Waals surface area (Å²) < 4.78 is 37.6. The van der Waals surface area contributed by atoms with E-state index in [0.717, 1.165) is 11.3 Å². The Hall–Kier alpha value is -4.41. The highest BCUT2D eigenvalue weighted by molar-refractivity contribution is 7.93. The molecule has 0 unspecified atom stereocenters. The molecule has 0 bridgehead atoms. The van der Waals surface area contributed by atoms with Crippen molar-refractivity contribution < 1.29 is 27.5 Å². The molecule has 180 valence electrons. The van der Waals surface area contributed by atoms with Crippen molar-refractivity contribution in [3.63, 3.8) is 0 Å². The number of primary amides is 1. The summed E-state index contributed by atoms with van der Waals surface area (Å²) in [6.45, 7) is -0.335. The molecule has 4 N–H and O–H groups in total. The van der Waals surface area contributed by atoms with Gasteiger partial charge in [-0.15, -0.1) is 11.3 Å². The maximum Gasteiger partial charge on any atom is 0.266 e. The fraction of sp³-hybridized carbons (Fsp3) is 0.0909. The molecule has 0 saturated heterocycles. The molecular weight excluding hydrogens is 494 g/mol. The van der Waals surface area contributed by atoms with Crippen LogP contribution in [-0.4, -0.2) is 38.9 Å². The van der Waals surface area contributed by atoms with Gasteiger partial charge in [0.15, 0.2) is 23.2 Å². The van der Waals surface area contributed by atoms with Gasteiger partial charge < -0.3 is 20.5 Å². The Bertz CT molecular complexity index is 1400. The number of nitrogens with one attached hydrogen (secondary N) is 2. The highest BCUT2D eigenvalue weighted by Gasteiger charge is 2.16. The number of anilines is 2. The number of carbonyl (C=O) groups is 2. The normalized spacial score (nSPS) is 11.3. The largest absolute Gasteiger partial charge is 0.493 e. The number of nitrogens with zero attached hydrogens (tertiary/aromatic N) is 2. The number of amides is 2. The quantitative estimate of drug-likeness (QED) is 0.274. The maximum atomic E-state index is 12.6. The topological polar surface area (TPSA) is 174 Å². The van der Waals surface area contributed by atoms with E-state index in [2.05, 4.69) is 15.0 Å². The first-order chi connectivity index (χ1) is 16.7. The second-order valence-corrected chi connectivity index (χ2v) is 9.33. The lowest BCUT2D eigenvalue weighted by Crippen LogP contribution is -2.20. The lowest BCUT2D eigenvalue weighted by molar-refractivity contribution is -0.120. The first kappa shape index (κ1) is 25.2. The smallest absolute Gasteiger partial charge is 0.266 e. The summed E-state index contributed by atoms with van der Waals surface area (Å²) in [5.74, 6) is -0.801. The number of ether oxygens (including phenoxy) is 2. The number of rotatable bonds is 10. The Morgan fingerprint density at radius 1 is 1.20 bits per heavy atom. The highest BCUT2D eigenvalue weighted by Crippen LogP contribution is 2.29. The molecule has 0 fully saturated rings. The van der Waals surface area contributed by atoms with Gasteiger partial charge in [0.1, 0.15) is 11.6 Å². The van der Waals surface area contributed by atoms with E-state index in [9.17, 15) is 23.3 Å². The third-order valence-corrected chi connectivity index (χ3v) is 6.48. The minimum atomic E-state index is -3.84. The Labute approximate surface area is 204 Å². The summed E-state index contributed by atoms with van der Waals surface area (Å²) >= 11 is 1.14. The van der Waals surface area contributed by atoms with Gasteiger partial charge in [-0.3, -0.25) is 14.3 Å². The molecule has 2 amide bonds. The summed E-state index contributed by atoms with van der Waals surface area (Å²) in [4.78, 5) is 27.4. The fourth-order valence-electron chi connectivity index (χ4n) is 2.72. The van der Waals surface area contributed by atoms with Crippen LogP contribution >= 0.6 is 11.3 Å². The van der Waals surface area contributed by atoms with Crippen molar-refractivity contribution in [1.82, 2.24) is 4.98 Å². The van der Waals surface area contributed by atoms with Gasteiger partial charge in [-0.25, -0.2) is 13.4 Å². The van der Waals surface area contributed by atoms with Gasteiger partial charge in [-0.2, -0.15) is 5.26 Å². The van der Waals surface area contributed by atoms with Crippen molar-refractivity contribution in [2.75, 3.05) is 23.8 Å². The van der Waals surface area contributed by atoms with Gasteiger partial charge in [0.25, 0.3) is 21.8 Å². The van der Waals surface area contributed by atoms with Crippen LogP contribution in [0, 0.1) is 11.3 Å². The van der Waals surface area contributed by atoms with E-state index in [1.165, 1.54) is 55.8 Å². The molecule has 0 aliphatic rings. The van der Waals surface area contributed by atoms with Crippen LogP contribution in [-0.2, 0) is 19.6 Å². The summed E-state index contributed by atoms with van der Waals surface area (Å²) in [6, 6.07) is 11.9. The van der Waals surface area contributed by atoms with Gasteiger partial charge in [0.05, 0.1) is 12.0 Å². The molecular formula is C22H19N5O6S2. The van der Waals surface area contributed by atoms with Crippen LogP contribution in [0.4, 0.5) is 10.8 Å². The number of nitriles is 1. The van der Waals surface area contributed by atoms with E-state index < -0.39 is 21.8 Å². The fourth-order valence-corrected chi connectivity index (χ4v) is 4.51. The molecule has 3 aromatic rings. The molecule has 2 aromatic carbocycles. The number of aromatic nitrogens is 1. The van der Waals surface area contributed by atoms with E-state index in [0.29, 0.717) is 5.56 Å². The van der Waals surface area contributed by atoms with Gasteiger partial charge in [0, 0.05) is 17.3 Å². The zero-order valence-electron chi connectivity index (χ0n) is 18.2. The number of sulfonamides is 1. The van der Waals surface area contributed by atoms with Gasteiger partial charge in [-0.05, 0) is 48.0 Å². The van der Waals surface area contributed by atoms with Crippen LogP contribution in [0.5, 0.6) is 11.5 Å². The van der Waals surface area contributed by atoms with Crippen molar-refractivity contribution in [2.45, 2.75) is 4.90 Å². The number of carbonyl (C=O) groups excluding carboxylic acids is 2. The zero-order valence-corrected chi connectivity index (χ0v) is 19.9. The van der Waals surface area contributed by atoms with E-state index in [4.69, 9.17) is 15.2 Å². The second kappa shape index (κ2) is 11.1. The monoisotopic (exact) mass is 513 g/mol. The molecule has 1 aromatic heterocycles. The average Bonchev–Trinajstić information content (AvgIpc) is 3.34. The Morgan fingerprint density at radius 2 is 1.94 bits per heavy atom. The number of methoxy groups -OCH3 is 1. The van der Waals surface area contributed by atoms with Gasteiger partial charge in [0.2, 0.25) is 0 Å². The predicted molar refractivity (Wildman–Crippen MR) is 129 cm³/mol. The second-order valence-electron chi connectivity index (χ2n) is 6.76. The average molecular weight is 514 g/mol. The molecule has 35 heavy (non-hydrogen) atoms. The van der Waals surface area contributed by atoms with Crippen molar-refractivity contribution in [2.24, 2.45) is 5.73 Å². The van der Waals surface area contributed by atoms with E-state index in [-0.39, 0.29) is 39.4 Å². The Kier molecular flexibility index (Phi) is 8.03. The standard InChI is InChI=1S/C22H19N5O6S2/c1-32-19-11-14(2-7-18(19)33-13-20(24)28)10-15(12-23)21(29)26-16-3-5-17(6-4-16)35(30,31)27-22-25-8-9-34-22/h2-11H,13H2,1H3,(H2,24,28)(H,25,27)(H,26,29). The Morgan fingerprint density at radius 3 is 2.54 bits per heavy atom. The summed E-state index contributed by atoms with van der Waals surface area (Å²) in [5, 5.41) is 13.9. The molecule has 0 aliphatic carbocycles. The summed E-state index contributed by atoms with van der Waals surface area (Å²) in [5.41, 5.74) is 5.62. The van der Waals surface area contributed by atoms with Crippen LogP contribution in [0.25, 0.3) is 6.08 Å². The van der Waals surface area contributed by atoms with Crippen molar-refractivity contribution >= 4 is 50.1 Å². The molecule has 13 heteroatoms. The van der Waals surface area contributed by atoms with Crippen LogP contribution in [0.1, 0.15) is 5.56 Å². The number of hydrogen-bond acceptors (Lipinski definition) is 9.